The number of carbonyl (C=O) groups is 1. The summed E-state index contributed by atoms with van der Waals surface area (Å²) in [4.78, 5) is 12.9. The zero-order valence-electron chi connectivity index (χ0n) is 8.53. The Kier molecular flexibility index (Phi) is 2.75. The highest BCUT2D eigenvalue weighted by molar-refractivity contribution is 7.15. The van der Waals surface area contributed by atoms with Gasteiger partial charge in [0.2, 0.25) is 0 Å². The Morgan fingerprint density at radius 3 is 2.62 bits per heavy atom. The first-order valence-corrected chi connectivity index (χ1v) is 5.49. The molecule has 0 amide bonds. The SMILES string of the molecule is Cc1ccc(-c2ccc(F)c(C(=O)O)c2)s1. The molecule has 82 valence electrons. The number of carboxylic acids is 1. The molecule has 1 heterocycles. The molecule has 0 fully saturated rings. The zero-order chi connectivity index (χ0) is 11.7. The first-order chi connectivity index (χ1) is 7.58. The second-order valence-corrected chi connectivity index (χ2v) is 4.70. The molecule has 2 aromatic rings. The van der Waals surface area contributed by atoms with E-state index in [1.165, 1.54) is 12.1 Å². The molecular formula is C12H9FO2S. The van der Waals surface area contributed by atoms with Crippen LogP contribution in [-0.4, -0.2) is 11.1 Å². The quantitative estimate of drug-likeness (QED) is 0.865. The van der Waals surface area contributed by atoms with E-state index in [-0.39, 0.29) is 5.56 Å². The van der Waals surface area contributed by atoms with Gasteiger partial charge in [-0.25, -0.2) is 9.18 Å². The molecule has 0 aliphatic rings. The summed E-state index contributed by atoms with van der Waals surface area (Å²) in [5.41, 5.74) is 0.445. The third kappa shape index (κ3) is 1.97. The maximum Gasteiger partial charge on any atom is 0.338 e. The molecule has 2 nitrogen and oxygen atoms in total. The smallest absolute Gasteiger partial charge is 0.338 e. The van der Waals surface area contributed by atoms with Gasteiger partial charge in [0.05, 0.1) is 5.56 Å². The lowest BCUT2D eigenvalue weighted by atomic mass is 10.1. The fraction of sp³-hybridized carbons (Fsp3) is 0.0833. The van der Waals surface area contributed by atoms with Crippen LogP contribution < -0.4 is 0 Å². The minimum absolute atomic E-state index is 0.288. The molecule has 4 heteroatoms. The largest absolute Gasteiger partial charge is 0.478 e. The third-order valence-electron chi connectivity index (χ3n) is 2.22. The van der Waals surface area contributed by atoms with Crippen molar-refractivity contribution in [3.05, 3.63) is 46.6 Å². The molecule has 0 spiro atoms. The number of thiophene rings is 1. The standard InChI is InChI=1S/C12H9FO2S/c1-7-2-5-11(16-7)8-3-4-10(13)9(6-8)12(14)15/h2-6H,1H3,(H,14,15). The van der Waals surface area contributed by atoms with Crippen molar-refractivity contribution in [1.29, 1.82) is 0 Å². The molecule has 0 atom stereocenters. The first-order valence-electron chi connectivity index (χ1n) is 4.67. The summed E-state index contributed by atoms with van der Waals surface area (Å²) in [6.07, 6.45) is 0. The monoisotopic (exact) mass is 236 g/mol. The van der Waals surface area contributed by atoms with Crippen molar-refractivity contribution in [3.63, 3.8) is 0 Å². The summed E-state index contributed by atoms with van der Waals surface area (Å²) in [5, 5.41) is 8.81. The fourth-order valence-electron chi connectivity index (χ4n) is 1.43. The number of hydrogen-bond donors (Lipinski definition) is 1. The lowest BCUT2D eigenvalue weighted by Gasteiger charge is -2.01. The van der Waals surface area contributed by atoms with Crippen molar-refractivity contribution in [2.24, 2.45) is 0 Å². The van der Waals surface area contributed by atoms with Gasteiger partial charge < -0.3 is 5.11 Å². The third-order valence-corrected chi connectivity index (χ3v) is 3.27. The molecule has 0 aliphatic heterocycles. The lowest BCUT2D eigenvalue weighted by molar-refractivity contribution is 0.0692. The summed E-state index contributed by atoms with van der Waals surface area (Å²) >= 11 is 1.55. The number of halogens is 1. The van der Waals surface area contributed by atoms with E-state index in [4.69, 9.17) is 5.11 Å². The first kappa shape index (κ1) is 10.8. The van der Waals surface area contributed by atoms with Crippen LogP contribution in [0.15, 0.2) is 30.3 Å². The predicted molar refractivity (Wildman–Crippen MR) is 61.4 cm³/mol. The summed E-state index contributed by atoms with van der Waals surface area (Å²) in [7, 11) is 0. The van der Waals surface area contributed by atoms with E-state index < -0.39 is 11.8 Å². The molecule has 0 bridgehead atoms. The molecular weight excluding hydrogens is 227 g/mol. The van der Waals surface area contributed by atoms with E-state index in [0.29, 0.717) is 0 Å². The van der Waals surface area contributed by atoms with Crippen molar-refractivity contribution in [1.82, 2.24) is 0 Å². The molecule has 0 saturated carbocycles. The molecule has 0 radical (unpaired) electrons. The van der Waals surface area contributed by atoms with Crippen LogP contribution in [0.5, 0.6) is 0 Å². The van der Waals surface area contributed by atoms with Crippen LogP contribution in [-0.2, 0) is 0 Å². The average molecular weight is 236 g/mol. The van der Waals surface area contributed by atoms with Crippen LogP contribution in [0.4, 0.5) is 4.39 Å². The number of aromatic carboxylic acids is 1. The number of benzene rings is 1. The molecule has 0 saturated heterocycles. The average Bonchev–Trinajstić information content (AvgIpc) is 2.65. The van der Waals surface area contributed by atoms with Crippen LogP contribution in [0.25, 0.3) is 10.4 Å². The summed E-state index contributed by atoms with van der Waals surface area (Å²) < 4.78 is 13.2. The summed E-state index contributed by atoms with van der Waals surface area (Å²) in [6.45, 7) is 1.97. The van der Waals surface area contributed by atoms with Crippen molar-refractivity contribution in [2.45, 2.75) is 6.92 Å². The van der Waals surface area contributed by atoms with E-state index in [2.05, 4.69) is 0 Å². The van der Waals surface area contributed by atoms with Crippen molar-refractivity contribution in [3.8, 4) is 10.4 Å². The van der Waals surface area contributed by atoms with Gasteiger partial charge in [-0.05, 0) is 36.8 Å². The molecule has 1 aromatic carbocycles. The van der Waals surface area contributed by atoms with Crippen LogP contribution in [0.2, 0.25) is 0 Å². The normalized spacial score (nSPS) is 10.4. The van der Waals surface area contributed by atoms with Gasteiger partial charge in [0, 0.05) is 9.75 Å². The molecule has 0 unspecified atom stereocenters. The number of carboxylic acid groups (broad SMARTS) is 1. The number of hydrogen-bond acceptors (Lipinski definition) is 2. The van der Waals surface area contributed by atoms with E-state index in [1.807, 2.05) is 19.1 Å². The van der Waals surface area contributed by atoms with Gasteiger partial charge in [-0.1, -0.05) is 6.07 Å². The Bertz CT molecular complexity index is 546. The fourth-order valence-corrected chi connectivity index (χ4v) is 2.30. The minimum atomic E-state index is -1.24. The maximum atomic E-state index is 13.2. The number of rotatable bonds is 2. The number of aryl methyl sites for hydroxylation is 1. The van der Waals surface area contributed by atoms with Crippen molar-refractivity contribution >= 4 is 17.3 Å². The minimum Gasteiger partial charge on any atom is -0.478 e. The second kappa shape index (κ2) is 4.06. The van der Waals surface area contributed by atoms with Crippen molar-refractivity contribution in [2.75, 3.05) is 0 Å². The summed E-state index contributed by atoms with van der Waals surface area (Å²) in [6, 6.07) is 7.99. The van der Waals surface area contributed by atoms with Crippen LogP contribution in [0.3, 0.4) is 0 Å². The highest BCUT2D eigenvalue weighted by Gasteiger charge is 2.12. The van der Waals surface area contributed by atoms with Gasteiger partial charge in [-0.15, -0.1) is 11.3 Å². The Hall–Kier alpha value is -1.68. The van der Waals surface area contributed by atoms with Gasteiger partial charge in [0.15, 0.2) is 0 Å². The van der Waals surface area contributed by atoms with E-state index >= 15 is 0 Å². The van der Waals surface area contributed by atoms with Gasteiger partial charge in [-0.3, -0.25) is 0 Å². The molecule has 0 aliphatic carbocycles. The maximum absolute atomic E-state index is 13.2. The molecule has 1 aromatic heterocycles. The Balaban J connectivity index is 2.51. The Morgan fingerprint density at radius 1 is 1.31 bits per heavy atom. The zero-order valence-corrected chi connectivity index (χ0v) is 9.34. The van der Waals surface area contributed by atoms with Gasteiger partial charge in [-0.2, -0.15) is 0 Å². The predicted octanol–water partition coefficient (Wildman–Crippen LogP) is 3.56. The van der Waals surface area contributed by atoms with Gasteiger partial charge in [0.25, 0.3) is 0 Å². The van der Waals surface area contributed by atoms with E-state index in [0.717, 1.165) is 15.3 Å². The van der Waals surface area contributed by atoms with Crippen LogP contribution in [0.1, 0.15) is 15.2 Å². The topological polar surface area (TPSA) is 37.3 Å². The van der Waals surface area contributed by atoms with E-state index in [1.54, 1.807) is 17.4 Å². The van der Waals surface area contributed by atoms with Crippen molar-refractivity contribution < 1.29 is 14.3 Å². The van der Waals surface area contributed by atoms with E-state index in [9.17, 15) is 9.18 Å². The molecule has 16 heavy (non-hydrogen) atoms. The second-order valence-electron chi connectivity index (χ2n) is 3.41. The van der Waals surface area contributed by atoms with Crippen LogP contribution >= 0.6 is 11.3 Å². The Morgan fingerprint density at radius 2 is 2.06 bits per heavy atom. The highest BCUT2D eigenvalue weighted by atomic mass is 32.1. The molecule has 2 rings (SSSR count). The molecule has 1 N–H and O–H groups in total. The Labute approximate surface area is 96.0 Å². The van der Waals surface area contributed by atoms with Crippen LogP contribution in [0, 0.1) is 12.7 Å². The lowest BCUT2D eigenvalue weighted by Crippen LogP contribution is -2.00. The highest BCUT2D eigenvalue weighted by Crippen LogP contribution is 2.28. The van der Waals surface area contributed by atoms with Gasteiger partial charge >= 0.3 is 5.97 Å². The van der Waals surface area contributed by atoms with Gasteiger partial charge in [0.1, 0.15) is 5.82 Å². The summed E-state index contributed by atoms with van der Waals surface area (Å²) in [5.74, 6) is -1.95.